The Kier molecular flexibility index (Phi) is 4.41. The molecule has 2 aliphatic heterocycles. The summed E-state index contributed by atoms with van der Waals surface area (Å²) in [6, 6.07) is 4.15. The van der Waals surface area contributed by atoms with E-state index in [4.69, 9.17) is 9.84 Å². The van der Waals surface area contributed by atoms with Gasteiger partial charge in [-0.2, -0.15) is 0 Å². The summed E-state index contributed by atoms with van der Waals surface area (Å²) in [5.74, 6) is 0.521. The maximum absolute atomic E-state index is 13.3. The third-order valence-corrected chi connectivity index (χ3v) is 4.66. The van der Waals surface area contributed by atoms with Gasteiger partial charge in [0, 0.05) is 44.5 Å². The maximum atomic E-state index is 13.3. The summed E-state index contributed by atoms with van der Waals surface area (Å²) in [6.07, 6.45) is 1.18. The first kappa shape index (κ1) is 16.0. The summed E-state index contributed by atoms with van der Waals surface area (Å²) in [4.78, 5) is 12.8. The van der Waals surface area contributed by atoms with Gasteiger partial charge in [0.1, 0.15) is 17.2 Å². The first-order valence-corrected chi connectivity index (χ1v) is 7.80. The predicted octanol–water partition coefficient (Wildman–Crippen LogP) is 1.22. The summed E-state index contributed by atoms with van der Waals surface area (Å²) in [5.41, 5.74) is 0.640. The Morgan fingerprint density at radius 1 is 1.43 bits per heavy atom. The molecule has 2 heterocycles. The topological polar surface area (TPSA) is 82.0 Å². The lowest BCUT2D eigenvalue weighted by atomic mass is 9.87. The number of rotatable bonds is 4. The van der Waals surface area contributed by atoms with Gasteiger partial charge in [-0.25, -0.2) is 9.18 Å². The molecule has 1 atom stereocenters. The van der Waals surface area contributed by atoms with Crippen LogP contribution in [0, 0.1) is 5.82 Å². The number of nitrogens with one attached hydrogen (secondary N) is 1. The number of aliphatic hydroxyl groups excluding tert-OH is 1. The second-order valence-electron chi connectivity index (χ2n) is 6.34. The van der Waals surface area contributed by atoms with Crippen LogP contribution in [0.3, 0.4) is 0 Å². The Balaban J connectivity index is 1.56. The predicted molar refractivity (Wildman–Crippen MR) is 81.2 cm³/mol. The van der Waals surface area contributed by atoms with Gasteiger partial charge in [-0.15, -0.1) is 0 Å². The Labute approximate surface area is 133 Å². The fourth-order valence-electron chi connectivity index (χ4n) is 3.46. The van der Waals surface area contributed by atoms with Crippen LogP contribution in [-0.2, 0) is 6.42 Å². The molecule has 3 N–H and O–H groups in total. The summed E-state index contributed by atoms with van der Waals surface area (Å²) in [7, 11) is 0. The van der Waals surface area contributed by atoms with Gasteiger partial charge in [0.15, 0.2) is 0 Å². The molecule has 7 heteroatoms. The second-order valence-corrected chi connectivity index (χ2v) is 6.34. The van der Waals surface area contributed by atoms with Crippen LogP contribution in [0.25, 0.3) is 0 Å². The normalized spacial score (nSPS) is 20.8. The van der Waals surface area contributed by atoms with E-state index in [0.29, 0.717) is 13.0 Å². The number of benzene rings is 1. The van der Waals surface area contributed by atoms with E-state index in [0.717, 1.165) is 37.2 Å². The molecule has 0 bridgehead atoms. The van der Waals surface area contributed by atoms with Crippen molar-refractivity contribution in [2.75, 3.05) is 26.2 Å². The molecule has 0 aromatic heterocycles. The zero-order valence-corrected chi connectivity index (χ0v) is 12.8. The average molecular weight is 324 g/mol. The van der Waals surface area contributed by atoms with Crippen molar-refractivity contribution < 1.29 is 24.1 Å². The first-order valence-electron chi connectivity index (χ1n) is 7.80. The summed E-state index contributed by atoms with van der Waals surface area (Å²) >= 11 is 0. The Morgan fingerprint density at radius 2 is 2.17 bits per heavy atom. The zero-order valence-electron chi connectivity index (χ0n) is 12.8. The van der Waals surface area contributed by atoms with E-state index in [2.05, 4.69) is 10.2 Å². The number of piperidine rings is 1. The van der Waals surface area contributed by atoms with E-state index in [1.54, 1.807) is 6.07 Å². The minimum atomic E-state index is -1.13. The molecule has 1 aromatic carbocycles. The van der Waals surface area contributed by atoms with E-state index < -0.39 is 12.1 Å². The van der Waals surface area contributed by atoms with Gasteiger partial charge >= 0.3 is 6.09 Å². The van der Waals surface area contributed by atoms with E-state index in [-0.39, 0.29) is 18.0 Å². The summed E-state index contributed by atoms with van der Waals surface area (Å²) in [6.45, 7) is 1.76. The van der Waals surface area contributed by atoms with Crippen LogP contribution in [0.15, 0.2) is 18.2 Å². The molecule has 0 saturated carbocycles. The molecular weight excluding hydrogens is 303 g/mol. The molecule has 6 nitrogen and oxygen atoms in total. The molecule has 1 fully saturated rings. The molecule has 0 aliphatic carbocycles. The Bertz CT molecular complexity index is 587. The Hall–Kier alpha value is -1.86. The number of fused-ring (bicyclic) bond motifs is 1. The van der Waals surface area contributed by atoms with Gasteiger partial charge in [-0.05, 0) is 18.2 Å². The molecule has 1 amide bonds. The van der Waals surface area contributed by atoms with Crippen LogP contribution in [0.4, 0.5) is 9.18 Å². The van der Waals surface area contributed by atoms with Gasteiger partial charge in [0.05, 0.1) is 12.6 Å². The zero-order chi connectivity index (χ0) is 16.4. The number of hydrogen-bond donors (Lipinski definition) is 3. The molecule has 3 rings (SSSR count). The number of ether oxygens (including phenoxy) is 1. The molecule has 1 unspecified atom stereocenters. The highest BCUT2D eigenvalue weighted by Crippen LogP contribution is 2.41. The van der Waals surface area contributed by atoms with Gasteiger partial charge in [-0.1, -0.05) is 0 Å². The number of amides is 1. The Morgan fingerprint density at radius 3 is 2.83 bits per heavy atom. The third-order valence-electron chi connectivity index (χ3n) is 4.66. The fraction of sp³-hybridized carbons (Fsp3) is 0.562. The third kappa shape index (κ3) is 3.56. The summed E-state index contributed by atoms with van der Waals surface area (Å²) in [5, 5.41) is 20.3. The van der Waals surface area contributed by atoms with Crippen molar-refractivity contribution >= 4 is 6.09 Å². The van der Waals surface area contributed by atoms with Crippen LogP contribution in [0.2, 0.25) is 0 Å². The van der Waals surface area contributed by atoms with Crippen molar-refractivity contribution in [2.24, 2.45) is 0 Å². The number of halogens is 1. The van der Waals surface area contributed by atoms with Crippen LogP contribution in [-0.4, -0.2) is 59.1 Å². The monoisotopic (exact) mass is 324 g/mol. The first-order chi connectivity index (χ1) is 11.0. The SMILES string of the molecule is O=C(O)NC(CO)CN1CCC2(CC1)Cc1cc(F)ccc1O2. The van der Waals surface area contributed by atoms with E-state index in [1.165, 1.54) is 12.1 Å². The fourth-order valence-corrected chi connectivity index (χ4v) is 3.46. The largest absolute Gasteiger partial charge is 0.487 e. The molecule has 0 radical (unpaired) electrons. The van der Waals surface area contributed by atoms with Crippen LogP contribution >= 0.6 is 0 Å². The number of carboxylic acid groups (broad SMARTS) is 1. The van der Waals surface area contributed by atoms with Crippen molar-refractivity contribution in [1.82, 2.24) is 10.2 Å². The maximum Gasteiger partial charge on any atom is 0.405 e. The summed E-state index contributed by atoms with van der Waals surface area (Å²) < 4.78 is 19.4. The number of hydrogen-bond acceptors (Lipinski definition) is 4. The molecule has 1 aromatic rings. The molecule has 23 heavy (non-hydrogen) atoms. The van der Waals surface area contributed by atoms with Crippen LogP contribution in [0.1, 0.15) is 18.4 Å². The highest BCUT2D eigenvalue weighted by molar-refractivity contribution is 5.64. The van der Waals surface area contributed by atoms with E-state index >= 15 is 0 Å². The second kappa shape index (κ2) is 6.33. The van der Waals surface area contributed by atoms with Gasteiger partial charge in [-0.3, -0.25) is 0 Å². The molecular formula is C16H21FN2O4. The van der Waals surface area contributed by atoms with Crippen LogP contribution in [0.5, 0.6) is 5.75 Å². The van der Waals surface area contributed by atoms with E-state index in [9.17, 15) is 14.3 Å². The number of likely N-dealkylation sites (tertiary alicyclic amines) is 1. The van der Waals surface area contributed by atoms with E-state index in [1.807, 2.05) is 0 Å². The van der Waals surface area contributed by atoms with Crippen LogP contribution < -0.4 is 10.1 Å². The van der Waals surface area contributed by atoms with Gasteiger partial charge < -0.3 is 25.2 Å². The van der Waals surface area contributed by atoms with Crippen molar-refractivity contribution in [1.29, 1.82) is 0 Å². The van der Waals surface area contributed by atoms with Crippen molar-refractivity contribution in [3.05, 3.63) is 29.6 Å². The number of nitrogens with zero attached hydrogens (tertiary/aromatic N) is 1. The number of aliphatic hydroxyl groups is 1. The minimum Gasteiger partial charge on any atom is -0.487 e. The highest BCUT2D eigenvalue weighted by atomic mass is 19.1. The molecule has 2 aliphatic rings. The van der Waals surface area contributed by atoms with Crippen molar-refractivity contribution in [2.45, 2.75) is 30.9 Å². The molecule has 126 valence electrons. The lowest BCUT2D eigenvalue weighted by Crippen LogP contribution is -2.52. The number of carbonyl (C=O) groups is 1. The average Bonchev–Trinajstić information content (AvgIpc) is 2.85. The van der Waals surface area contributed by atoms with Gasteiger partial charge in [0.25, 0.3) is 0 Å². The smallest absolute Gasteiger partial charge is 0.405 e. The lowest BCUT2D eigenvalue weighted by Gasteiger charge is -2.39. The highest BCUT2D eigenvalue weighted by Gasteiger charge is 2.42. The quantitative estimate of drug-likeness (QED) is 0.776. The van der Waals surface area contributed by atoms with Crippen molar-refractivity contribution in [3.63, 3.8) is 0 Å². The molecule has 1 saturated heterocycles. The lowest BCUT2D eigenvalue weighted by molar-refractivity contribution is 0.0148. The standard InChI is InChI=1S/C16H21FN2O4/c17-12-1-2-14-11(7-12)8-16(23-14)3-5-19(6-4-16)9-13(10-20)18-15(21)22/h1-2,7,13,18,20H,3-6,8-10H2,(H,21,22). The molecule has 1 spiro atoms. The minimum absolute atomic E-state index is 0.227. The van der Waals surface area contributed by atoms with Gasteiger partial charge in [0.2, 0.25) is 0 Å². The van der Waals surface area contributed by atoms with Crippen molar-refractivity contribution in [3.8, 4) is 5.75 Å².